The van der Waals surface area contributed by atoms with Crippen molar-refractivity contribution in [2.24, 2.45) is 0 Å². The van der Waals surface area contributed by atoms with Crippen molar-refractivity contribution in [2.75, 3.05) is 12.3 Å². The minimum Gasteiger partial charge on any atom is -0.462 e. The molecular weight excluding hydrogens is 525 g/mol. The maximum atomic E-state index is 13.8. The Kier molecular flexibility index (Phi) is 13.2. The maximum absolute atomic E-state index is 13.8. The highest BCUT2D eigenvalue weighted by molar-refractivity contribution is 5.81. The second-order valence-electron chi connectivity index (χ2n) is 11.2. The standard InChI is InChI=1S/C31H48FN5O4/c1-4-5-6-7-8-9-10-11-12-13-14-15-16-17-18-19-26(39)40-21-31(23(2)3)24(38)20-25(41-31)37-22-34-27-28(33)35-30(32)36-29(27)37/h11-12,22,24-25,38H,2,4-10,13-21H2,1,3H3,(H2,33,35,36)/b12-11-/t24-,25+,31-/m0/s1. The number of hydrogen-bond acceptors (Lipinski definition) is 8. The first-order chi connectivity index (χ1) is 19.8. The minimum atomic E-state index is -1.30. The normalized spacial score (nSPS) is 20.8. The summed E-state index contributed by atoms with van der Waals surface area (Å²) in [6, 6.07) is 0. The maximum Gasteiger partial charge on any atom is 0.312 e. The molecule has 1 aliphatic heterocycles. The van der Waals surface area contributed by atoms with E-state index in [1.54, 1.807) is 6.92 Å². The van der Waals surface area contributed by atoms with Crippen LogP contribution in [0.1, 0.15) is 116 Å². The monoisotopic (exact) mass is 573 g/mol. The van der Waals surface area contributed by atoms with Gasteiger partial charge in [-0.2, -0.15) is 14.4 Å². The summed E-state index contributed by atoms with van der Waals surface area (Å²) in [6.07, 6.45) is 19.3. The number of aliphatic hydroxyl groups is 1. The number of allylic oxidation sites excluding steroid dienone is 2. The Balaban J connectivity index is 1.34. The number of rotatable bonds is 19. The zero-order valence-corrected chi connectivity index (χ0v) is 24.8. The Morgan fingerprint density at radius 3 is 2.44 bits per heavy atom. The summed E-state index contributed by atoms with van der Waals surface area (Å²) in [6.45, 7) is 7.78. The highest BCUT2D eigenvalue weighted by Gasteiger charge is 2.51. The molecule has 228 valence electrons. The number of fused-ring (bicyclic) bond motifs is 1. The van der Waals surface area contributed by atoms with E-state index in [1.807, 2.05) is 0 Å². The molecule has 41 heavy (non-hydrogen) atoms. The fraction of sp³-hybridized carbons (Fsp3) is 0.677. The van der Waals surface area contributed by atoms with E-state index in [0.29, 0.717) is 12.0 Å². The molecule has 0 unspecified atom stereocenters. The zero-order chi connectivity index (χ0) is 29.7. The van der Waals surface area contributed by atoms with Gasteiger partial charge >= 0.3 is 12.0 Å². The molecule has 10 heteroatoms. The van der Waals surface area contributed by atoms with Crippen LogP contribution in [-0.4, -0.2) is 48.9 Å². The molecule has 0 saturated carbocycles. The van der Waals surface area contributed by atoms with Crippen LogP contribution in [0.15, 0.2) is 30.6 Å². The van der Waals surface area contributed by atoms with Gasteiger partial charge in [-0.25, -0.2) is 4.98 Å². The molecule has 2 aromatic rings. The first-order valence-corrected chi connectivity index (χ1v) is 15.3. The van der Waals surface area contributed by atoms with Crippen LogP contribution in [-0.2, 0) is 14.3 Å². The van der Waals surface area contributed by atoms with Gasteiger partial charge in [0.1, 0.15) is 12.8 Å². The first-order valence-electron chi connectivity index (χ1n) is 15.3. The van der Waals surface area contributed by atoms with Crippen molar-refractivity contribution in [1.29, 1.82) is 0 Å². The van der Waals surface area contributed by atoms with Crippen LogP contribution in [0.25, 0.3) is 11.2 Å². The number of ether oxygens (including phenoxy) is 2. The largest absolute Gasteiger partial charge is 0.462 e. The number of imidazole rings is 1. The van der Waals surface area contributed by atoms with Gasteiger partial charge in [-0.05, 0) is 44.6 Å². The van der Waals surface area contributed by atoms with Crippen LogP contribution >= 0.6 is 0 Å². The Morgan fingerprint density at radius 1 is 1.15 bits per heavy atom. The Labute approximate surface area is 243 Å². The fourth-order valence-corrected chi connectivity index (χ4v) is 5.28. The lowest BCUT2D eigenvalue weighted by Crippen LogP contribution is -2.45. The van der Waals surface area contributed by atoms with Crippen molar-refractivity contribution in [3.8, 4) is 0 Å². The number of hydrogen-bond donors (Lipinski definition) is 2. The molecule has 0 aliphatic carbocycles. The van der Waals surface area contributed by atoms with Crippen LogP contribution in [0.3, 0.4) is 0 Å². The van der Waals surface area contributed by atoms with Gasteiger partial charge in [0.25, 0.3) is 0 Å². The lowest BCUT2D eigenvalue weighted by atomic mass is 9.90. The second-order valence-corrected chi connectivity index (χ2v) is 11.2. The second kappa shape index (κ2) is 16.6. The third-order valence-corrected chi connectivity index (χ3v) is 7.85. The van der Waals surface area contributed by atoms with Crippen LogP contribution in [0.2, 0.25) is 0 Å². The molecule has 1 fully saturated rings. The minimum absolute atomic E-state index is 0.0828. The Morgan fingerprint density at radius 2 is 1.78 bits per heavy atom. The predicted molar refractivity (Wildman–Crippen MR) is 158 cm³/mol. The van der Waals surface area contributed by atoms with E-state index >= 15 is 0 Å². The first kappa shape index (κ1) is 32.7. The molecule has 2 aromatic heterocycles. The number of aliphatic hydroxyl groups excluding tert-OH is 1. The molecule has 3 heterocycles. The van der Waals surface area contributed by atoms with E-state index in [1.165, 1.54) is 62.3 Å². The molecule has 3 atom stereocenters. The van der Waals surface area contributed by atoms with Gasteiger partial charge in [-0.3, -0.25) is 9.36 Å². The molecular formula is C31H48FN5O4. The molecule has 3 rings (SSSR count). The number of nitrogen functional groups attached to an aromatic ring is 1. The van der Waals surface area contributed by atoms with Crippen molar-refractivity contribution in [2.45, 2.75) is 128 Å². The third kappa shape index (κ3) is 9.33. The summed E-state index contributed by atoms with van der Waals surface area (Å²) in [7, 11) is 0. The molecule has 0 bridgehead atoms. The number of halogens is 1. The van der Waals surface area contributed by atoms with Crippen LogP contribution in [0, 0.1) is 6.08 Å². The molecule has 0 amide bonds. The topological polar surface area (TPSA) is 125 Å². The van der Waals surface area contributed by atoms with Crippen molar-refractivity contribution in [3.05, 3.63) is 36.7 Å². The summed E-state index contributed by atoms with van der Waals surface area (Å²) in [5.41, 5.74) is 5.38. The fourth-order valence-electron chi connectivity index (χ4n) is 5.28. The van der Waals surface area contributed by atoms with Crippen LogP contribution in [0.4, 0.5) is 10.2 Å². The number of nitrogens with zero attached hydrogens (tertiary/aromatic N) is 4. The number of aromatic nitrogens is 4. The van der Waals surface area contributed by atoms with Crippen molar-refractivity contribution in [1.82, 2.24) is 19.5 Å². The SMILES string of the molecule is C=C(C)[C@]1(COC(=O)CCCCCCC/C=C\CCCCCCCC)O[C@@H](n2cnc3c(N)nc(F)nc32)C[C@@H]1O. The van der Waals surface area contributed by atoms with Crippen LogP contribution in [0.5, 0.6) is 0 Å². The zero-order valence-electron chi connectivity index (χ0n) is 24.8. The Hall–Kier alpha value is -2.85. The summed E-state index contributed by atoms with van der Waals surface area (Å²) in [4.78, 5) is 23.9. The van der Waals surface area contributed by atoms with Gasteiger partial charge < -0.3 is 20.3 Å². The predicted octanol–water partition coefficient (Wildman–Crippen LogP) is 6.72. The third-order valence-electron chi connectivity index (χ3n) is 7.85. The van der Waals surface area contributed by atoms with Crippen molar-refractivity contribution >= 4 is 23.0 Å². The molecule has 0 aromatic carbocycles. The molecule has 1 saturated heterocycles. The summed E-state index contributed by atoms with van der Waals surface area (Å²) >= 11 is 0. The average Bonchev–Trinajstić information content (AvgIpc) is 3.51. The number of esters is 1. The van der Waals surface area contributed by atoms with E-state index in [-0.39, 0.29) is 36.0 Å². The van der Waals surface area contributed by atoms with Gasteiger partial charge in [0.15, 0.2) is 22.6 Å². The lowest BCUT2D eigenvalue weighted by molar-refractivity contribution is -0.159. The van der Waals surface area contributed by atoms with Gasteiger partial charge in [-0.15, -0.1) is 0 Å². The molecule has 3 N–H and O–H groups in total. The van der Waals surface area contributed by atoms with Gasteiger partial charge in [-0.1, -0.05) is 77.0 Å². The molecule has 1 aliphatic rings. The lowest BCUT2D eigenvalue weighted by Gasteiger charge is -2.32. The van der Waals surface area contributed by atoms with E-state index in [0.717, 1.165) is 32.1 Å². The summed E-state index contributed by atoms with van der Waals surface area (Å²) < 4.78 is 27.0. The number of carbonyl (C=O) groups is 1. The van der Waals surface area contributed by atoms with Gasteiger partial charge in [0, 0.05) is 12.8 Å². The van der Waals surface area contributed by atoms with Crippen molar-refractivity contribution in [3.63, 3.8) is 0 Å². The van der Waals surface area contributed by atoms with E-state index in [9.17, 15) is 14.3 Å². The summed E-state index contributed by atoms with van der Waals surface area (Å²) in [5, 5.41) is 10.9. The van der Waals surface area contributed by atoms with E-state index in [2.05, 4.69) is 40.6 Å². The highest BCUT2D eigenvalue weighted by Crippen LogP contribution is 2.42. The van der Waals surface area contributed by atoms with E-state index < -0.39 is 24.0 Å². The average molecular weight is 574 g/mol. The molecule has 0 radical (unpaired) electrons. The number of anilines is 1. The van der Waals surface area contributed by atoms with Gasteiger partial charge in [0.05, 0.1) is 12.4 Å². The molecule has 9 nitrogen and oxygen atoms in total. The van der Waals surface area contributed by atoms with Crippen LogP contribution < -0.4 is 5.73 Å². The Bertz CT molecular complexity index is 1150. The molecule has 0 spiro atoms. The smallest absolute Gasteiger partial charge is 0.312 e. The van der Waals surface area contributed by atoms with Crippen molar-refractivity contribution < 1.29 is 23.8 Å². The van der Waals surface area contributed by atoms with E-state index in [4.69, 9.17) is 15.2 Å². The number of nitrogens with two attached hydrogens (primary N) is 1. The quantitative estimate of drug-likeness (QED) is 0.0821. The van der Waals surface area contributed by atoms with Gasteiger partial charge in [0.2, 0.25) is 0 Å². The summed E-state index contributed by atoms with van der Waals surface area (Å²) in [5.74, 6) is -0.418. The highest BCUT2D eigenvalue weighted by atomic mass is 19.1. The number of unbranched alkanes of at least 4 members (excludes halogenated alkanes) is 11. The number of carbonyl (C=O) groups excluding carboxylic acids is 1.